The Morgan fingerprint density at radius 3 is 1.29 bits per heavy atom. The van der Waals surface area contributed by atoms with Crippen molar-refractivity contribution in [2.24, 2.45) is 0 Å². The molecule has 0 fully saturated rings. The van der Waals surface area contributed by atoms with Gasteiger partial charge in [0.25, 0.3) is 0 Å². The molecule has 0 aliphatic heterocycles. The second-order valence-electron chi connectivity index (χ2n) is 1.26. The summed E-state index contributed by atoms with van der Waals surface area (Å²) in [6.07, 6.45) is 0. The van der Waals surface area contributed by atoms with Gasteiger partial charge >= 0.3 is 46.9 Å². The van der Waals surface area contributed by atoms with Gasteiger partial charge in [0.1, 0.15) is 0 Å². The van der Waals surface area contributed by atoms with Gasteiger partial charge in [-0.05, 0) is 0 Å². The Balaban J connectivity index is 3.54. The Hall–Kier alpha value is 0.580. The second kappa shape index (κ2) is 2.23. The van der Waals surface area contributed by atoms with E-state index in [4.69, 9.17) is 0 Å². The number of alkyl halides is 3. The molecule has 0 atom stereocenters. The normalized spacial score (nSPS) is 12.9. The van der Waals surface area contributed by atoms with Gasteiger partial charge in [0, 0.05) is 0 Å². The molecule has 4 heteroatoms. The first-order valence-corrected chi connectivity index (χ1v) is 7.41. The van der Waals surface area contributed by atoms with E-state index in [2.05, 4.69) is 0 Å². The van der Waals surface area contributed by atoms with Crippen LogP contribution in [0.15, 0.2) is 0 Å². The fourth-order valence-corrected chi connectivity index (χ4v) is 0. The molecule has 0 saturated carbocycles. The molecule has 0 spiro atoms. The SMILES string of the molecule is C[Te](C)C(F)(F)F. The van der Waals surface area contributed by atoms with Crippen molar-refractivity contribution in [3.63, 3.8) is 0 Å². The predicted octanol–water partition coefficient (Wildman–Crippen LogP) is 1.84. The van der Waals surface area contributed by atoms with Crippen LogP contribution in [0.3, 0.4) is 0 Å². The fourth-order valence-electron chi connectivity index (χ4n) is 0. The van der Waals surface area contributed by atoms with Gasteiger partial charge in [0.05, 0.1) is 0 Å². The van der Waals surface area contributed by atoms with Crippen LogP contribution < -0.4 is 0 Å². The molecule has 0 aliphatic rings. The Morgan fingerprint density at radius 1 is 1.14 bits per heavy atom. The van der Waals surface area contributed by atoms with E-state index in [-0.39, 0.29) is 0 Å². The van der Waals surface area contributed by atoms with Crippen LogP contribution in [0.4, 0.5) is 13.2 Å². The first-order chi connectivity index (χ1) is 2.94. The van der Waals surface area contributed by atoms with E-state index in [1.807, 2.05) is 0 Å². The molecular formula is C3H6F3Te. The molecule has 0 heterocycles. The van der Waals surface area contributed by atoms with Gasteiger partial charge in [-0.3, -0.25) is 0 Å². The molecule has 1 radical (unpaired) electrons. The Bertz CT molecular complexity index is 55.7. The monoisotopic (exact) mass is 229 g/mol. The number of hydrogen-bond acceptors (Lipinski definition) is 0. The van der Waals surface area contributed by atoms with E-state index >= 15 is 0 Å². The molecule has 45 valence electrons. The van der Waals surface area contributed by atoms with Crippen LogP contribution in [0.2, 0.25) is 9.94 Å². The van der Waals surface area contributed by atoms with Crippen LogP contribution in [0.1, 0.15) is 0 Å². The van der Waals surface area contributed by atoms with Gasteiger partial charge < -0.3 is 0 Å². The van der Waals surface area contributed by atoms with E-state index in [0.29, 0.717) is 0 Å². The zero-order valence-corrected chi connectivity index (χ0v) is 6.37. The van der Waals surface area contributed by atoms with E-state index in [9.17, 15) is 13.2 Å². The summed E-state index contributed by atoms with van der Waals surface area (Å²) in [6.45, 7) is 0. The van der Waals surface area contributed by atoms with Crippen molar-refractivity contribution in [1.82, 2.24) is 0 Å². The Labute approximate surface area is 47.3 Å². The molecule has 0 saturated heterocycles. The average Bonchev–Trinajstić information content (AvgIpc) is 1.31. The molecule has 7 heavy (non-hydrogen) atoms. The first kappa shape index (κ1) is 7.58. The van der Waals surface area contributed by atoms with Crippen molar-refractivity contribution in [1.29, 1.82) is 0 Å². The van der Waals surface area contributed by atoms with Gasteiger partial charge in [0.15, 0.2) is 0 Å². The van der Waals surface area contributed by atoms with E-state index < -0.39 is 23.8 Å². The third kappa shape index (κ3) is 3.19. The van der Waals surface area contributed by atoms with Crippen molar-refractivity contribution >= 4 is 19.6 Å². The molecule has 0 rings (SSSR count). The topological polar surface area (TPSA) is 0 Å². The Kier molecular flexibility index (Phi) is 2.42. The number of halogens is 3. The summed E-state index contributed by atoms with van der Waals surface area (Å²) in [7, 11) is 0. The van der Waals surface area contributed by atoms with Gasteiger partial charge in [-0.15, -0.1) is 0 Å². The second-order valence-corrected chi connectivity index (χ2v) is 7.24. The number of rotatable bonds is 0. The zero-order chi connectivity index (χ0) is 6.08. The quantitative estimate of drug-likeness (QED) is 0.553. The first-order valence-electron chi connectivity index (χ1n) is 1.59. The van der Waals surface area contributed by atoms with Crippen LogP contribution in [0.5, 0.6) is 0 Å². The molecule has 0 aliphatic carbocycles. The summed E-state index contributed by atoms with van der Waals surface area (Å²) in [5.41, 5.74) is 0. The molecule has 0 unspecified atom stereocenters. The molecule has 0 N–H and O–H groups in total. The molecular weight excluding hydrogens is 221 g/mol. The van der Waals surface area contributed by atoms with Crippen LogP contribution in [0.25, 0.3) is 0 Å². The van der Waals surface area contributed by atoms with E-state index in [1.54, 1.807) is 0 Å². The number of hydrogen-bond donors (Lipinski definition) is 0. The average molecular weight is 227 g/mol. The molecule has 0 bridgehead atoms. The van der Waals surface area contributed by atoms with Crippen molar-refractivity contribution < 1.29 is 13.2 Å². The third-order valence-corrected chi connectivity index (χ3v) is 3.11. The third-order valence-electron chi connectivity index (χ3n) is 0.463. The van der Waals surface area contributed by atoms with E-state index in [1.165, 1.54) is 9.94 Å². The summed E-state index contributed by atoms with van der Waals surface area (Å²) in [6, 6.07) is 0. The van der Waals surface area contributed by atoms with E-state index in [0.717, 1.165) is 0 Å². The van der Waals surface area contributed by atoms with Crippen LogP contribution in [0, 0.1) is 0 Å². The predicted molar refractivity (Wildman–Crippen MR) is 23.5 cm³/mol. The molecule has 0 aromatic heterocycles. The standard InChI is InChI=1S/C3H6F3Te/c1-7(2)3(4,5)6/h1-2H3. The van der Waals surface area contributed by atoms with Crippen LogP contribution in [-0.4, -0.2) is 23.8 Å². The summed E-state index contributed by atoms with van der Waals surface area (Å²) >= 11 is -2.62. The van der Waals surface area contributed by atoms with Crippen LogP contribution in [-0.2, 0) is 0 Å². The summed E-state index contributed by atoms with van der Waals surface area (Å²) < 4.78 is 29.9. The molecule has 0 aromatic rings. The summed E-state index contributed by atoms with van der Waals surface area (Å²) in [4.78, 5) is 2.59. The molecule has 0 nitrogen and oxygen atoms in total. The minimum absolute atomic E-state index is 1.30. The maximum absolute atomic E-state index is 11.3. The van der Waals surface area contributed by atoms with Crippen LogP contribution >= 0.6 is 0 Å². The van der Waals surface area contributed by atoms with Crippen molar-refractivity contribution in [3.05, 3.63) is 0 Å². The Morgan fingerprint density at radius 2 is 1.29 bits per heavy atom. The molecule has 0 aromatic carbocycles. The van der Waals surface area contributed by atoms with Gasteiger partial charge in [0.2, 0.25) is 0 Å². The summed E-state index contributed by atoms with van der Waals surface area (Å²) in [5.74, 6) is 0. The van der Waals surface area contributed by atoms with Gasteiger partial charge in [-0.25, -0.2) is 0 Å². The van der Waals surface area contributed by atoms with Crippen molar-refractivity contribution in [3.8, 4) is 0 Å². The maximum atomic E-state index is 11.3. The minimum atomic E-state index is -3.83. The van der Waals surface area contributed by atoms with Crippen molar-refractivity contribution in [2.45, 2.75) is 14.2 Å². The van der Waals surface area contributed by atoms with Gasteiger partial charge in [-0.2, -0.15) is 0 Å². The fraction of sp³-hybridized carbons (Fsp3) is 1.00. The van der Waals surface area contributed by atoms with Gasteiger partial charge in [-0.1, -0.05) is 0 Å². The zero-order valence-electron chi connectivity index (χ0n) is 4.04. The van der Waals surface area contributed by atoms with Crippen molar-refractivity contribution in [2.75, 3.05) is 0 Å². The molecule has 0 amide bonds. The summed E-state index contributed by atoms with van der Waals surface area (Å²) in [5, 5.41) is 0.